The van der Waals surface area contributed by atoms with Gasteiger partial charge >= 0.3 is 0 Å². The molecule has 0 aliphatic heterocycles. The smallest absolute Gasteiger partial charge is 0.137 e. The van der Waals surface area contributed by atoms with Gasteiger partial charge in [0.2, 0.25) is 0 Å². The molecule has 0 aromatic heterocycles. The molecule has 80 valence electrons. The lowest BCUT2D eigenvalue weighted by Gasteiger charge is -2.29. The number of hydrogen-bond acceptors (Lipinski definition) is 1. The van der Waals surface area contributed by atoms with Crippen LogP contribution in [0.25, 0.3) is 0 Å². The maximum atomic E-state index is 3.84. The zero-order chi connectivity index (χ0) is 10.9. The van der Waals surface area contributed by atoms with Crippen LogP contribution in [0, 0.1) is 0 Å². The summed E-state index contributed by atoms with van der Waals surface area (Å²) in [6.07, 6.45) is 7.27. The second-order valence-electron chi connectivity index (χ2n) is 3.69. The largest absolute Gasteiger partial charge is 0.336 e. The normalized spacial score (nSPS) is 10.9. The third-order valence-corrected chi connectivity index (χ3v) is 6.57. The zero-order valence-corrected chi connectivity index (χ0v) is 10.4. The van der Waals surface area contributed by atoms with E-state index in [-0.39, 0.29) is 0 Å². The van der Waals surface area contributed by atoms with Crippen LogP contribution in [0.4, 0.5) is 0 Å². The molecule has 0 unspecified atom stereocenters. The Bertz CT molecular complexity index is 160. The first-order chi connectivity index (χ1) is 6.74. The molecule has 14 heavy (non-hydrogen) atoms. The lowest BCUT2D eigenvalue weighted by molar-refractivity contribution is 0.827. The fourth-order valence-corrected chi connectivity index (χ4v) is 5.06. The van der Waals surface area contributed by atoms with Gasteiger partial charge in [0, 0.05) is 0 Å². The molecule has 0 aromatic rings. The highest BCUT2D eigenvalue weighted by molar-refractivity contribution is 6.78. The van der Waals surface area contributed by atoms with Crippen LogP contribution >= 0.6 is 0 Å². The van der Waals surface area contributed by atoms with Crippen LogP contribution in [-0.4, -0.2) is 14.8 Å². The third-order valence-electron chi connectivity index (χ3n) is 2.36. The molecule has 0 saturated heterocycles. The van der Waals surface area contributed by atoms with Crippen molar-refractivity contribution in [3.63, 3.8) is 0 Å². The van der Waals surface area contributed by atoms with Crippen LogP contribution in [0.2, 0.25) is 18.1 Å². The molecule has 0 heterocycles. The predicted octanol–water partition coefficient (Wildman–Crippen LogP) is 3.49. The van der Waals surface area contributed by atoms with Crippen molar-refractivity contribution in [2.24, 2.45) is 0 Å². The first kappa shape index (κ1) is 13.4. The summed E-state index contributed by atoms with van der Waals surface area (Å²) in [7, 11) is -1.42. The Labute approximate surface area is 89.7 Å². The van der Waals surface area contributed by atoms with Crippen LogP contribution < -0.4 is 4.98 Å². The van der Waals surface area contributed by atoms with Gasteiger partial charge in [0.05, 0.1) is 0 Å². The number of rotatable bonds is 9. The summed E-state index contributed by atoms with van der Waals surface area (Å²) >= 11 is 0. The van der Waals surface area contributed by atoms with Crippen molar-refractivity contribution >= 4 is 8.24 Å². The van der Waals surface area contributed by atoms with Gasteiger partial charge in [-0.2, -0.15) is 0 Å². The SMILES string of the molecule is C=CC[Si](CC=C)(CC=C)NCCC. The summed E-state index contributed by atoms with van der Waals surface area (Å²) in [5.41, 5.74) is 0. The Kier molecular flexibility index (Phi) is 7.43. The van der Waals surface area contributed by atoms with Gasteiger partial charge in [0.15, 0.2) is 0 Å². The minimum absolute atomic E-state index is 1.10. The summed E-state index contributed by atoms with van der Waals surface area (Å²) in [5, 5.41) is 0. The molecule has 0 rings (SSSR count). The van der Waals surface area contributed by atoms with Gasteiger partial charge in [0.25, 0.3) is 0 Å². The van der Waals surface area contributed by atoms with Crippen LogP contribution in [0.1, 0.15) is 13.3 Å². The molecule has 1 N–H and O–H groups in total. The molecule has 0 aliphatic rings. The Morgan fingerprint density at radius 3 is 1.71 bits per heavy atom. The molecule has 0 aliphatic carbocycles. The Morgan fingerprint density at radius 1 is 1.00 bits per heavy atom. The number of allylic oxidation sites excluding steroid dienone is 3. The van der Waals surface area contributed by atoms with Crippen molar-refractivity contribution in [3.8, 4) is 0 Å². The Balaban J connectivity index is 4.43. The van der Waals surface area contributed by atoms with Crippen molar-refractivity contribution in [3.05, 3.63) is 38.0 Å². The molecule has 0 atom stereocenters. The van der Waals surface area contributed by atoms with Crippen LogP contribution in [0.15, 0.2) is 38.0 Å². The van der Waals surface area contributed by atoms with E-state index in [1.54, 1.807) is 0 Å². The molecule has 0 saturated carbocycles. The van der Waals surface area contributed by atoms with E-state index in [0.717, 1.165) is 24.7 Å². The lowest BCUT2D eigenvalue weighted by atomic mass is 10.5. The standard InChI is InChI=1S/C12H23NSi/c1-5-9-13-14(10-6-2,11-7-3)12-8-4/h6-8,13H,2-5,9-12H2,1H3. The zero-order valence-electron chi connectivity index (χ0n) is 9.39. The fourth-order valence-electron chi connectivity index (χ4n) is 1.69. The maximum Gasteiger partial charge on any atom is 0.137 e. The first-order valence-corrected chi connectivity index (χ1v) is 7.94. The molecule has 0 fully saturated rings. The lowest BCUT2D eigenvalue weighted by Crippen LogP contribution is -2.49. The molecular weight excluding hydrogens is 186 g/mol. The van der Waals surface area contributed by atoms with E-state index in [0.29, 0.717) is 0 Å². The molecule has 1 nitrogen and oxygen atoms in total. The Hall–Kier alpha value is -0.603. The average molecular weight is 209 g/mol. The summed E-state index contributed by atoms with van der Waals surface area (Å²) in [6.45, 7) is 14.8. The van der Waals surface area contributed by atoms with Gasteiger partial charge in [-0.05, 0) is 31.1 Å². The molecule has 2 heteroatoms. The second kappa shape index (κ2) is 7.77. The highest BCUT2D eigenvalue weighted by Gasteiger charge is 2.27. The molecule has 0 aromatic carbocycles. The van der Waals surface area contributed by atoms with Crippen LogP contribution in [-0.2, 0) is 0 Å². The predicted molar refractivity (Wildman–Crippen MR) is 69.1 cm³/mol. The molecule has 0 bridgehead atoms. The van der Waals surface area contributed by atoms with E-state index >= 15 is 0 Å². The van der Waals surface area contributed by atoms with Gasteiger partial charge in [-0.15, -0.1) is 19.7 Å². The summed E-state index contributed by atoms with van der Waals surface area (Å²) in [4.78, 5) is 3.71. The van der Waals surface area contributed by atoms with Gasteiger partial charge < -0.3 is 4.98 Å². The number of nitrogens with one attached hydrogen (secondary N) is 1. The van der Waals surface area contributed by atoms with Gasteiger partial charge in [-0.1, -0.05) is 25.2 Å². The van der Waals surface area contributed by atoms with E-state index in [4.69, 9.17) is 0 Å². The van der Waals surface area contributed by atoms with E-state index in [2.05, 4.69) is 31.6 Å². The minimum Gasteiger partial charge on any atom is -0.336 e. The highest BCUT2D eigenvalue weighted by Crippen LogP contribution is 2.19. The maximum absolute atomic E-state index is 3.84. The van der Waals surface area contributed by atoms with Crippen molar-refractivity contribution in [2.75, 3.05) is 6.54 Å². The van der Waals surface area contributed by atoms with Crippen molar-refractivity contribution in [2.45, 2.75) is 31.5 Å². The monoisotopic (exact) mass is 209 g/mol. The van der Waals surface area contributed by atoms with Crippen molar-refractivity contribution in [1.82, 2.24) is 4.98 Å². The molecule has 0 radical (unpaired) electrons. The molecule has 0 spiro atoms. The van der Waals surface area contributed by atoms with Gasteiger partial charge in [-0.25, -0.2) is 0 Å². The second-order valence-corrected chi connectivity index (χ2v) is 7.82. The summed E-state index contributed by atoms with van der Waals surface area (Å²) < 4.78 is 0. The number of hydrogen-bond donors (Lipinski definition) is 1. The molecular formula is C12H23NSi. The van der Waals surface area contributed by atoms with Gasteiger partial charge in [-0.3, -0.25) is 0 Å². The summed E-state index contributed by atoms with van der Waals surface area (Å²) in [6, 6.07) is 3.31. The third kappa shape index (κ3) is 4.58. The minimum atomic E-state index is -1.42. The Morgan fingerprint density at radius 2 is 1.43 bits per heavy atom. The van der Waals surface area contributed by atoms with Crippen LogP contribution in [0.3, 0.4) is 0 Å². The van der Waals surface area contributed by atoms with Crippen molar-refractivity contribution in [1.29, 1.82) is 0 Å². The van der Waals surface area contributed by atoms with E-state index in [1.807, 2.05) is 18.2 Å². The van der Waals surface area contributed by atoms with Crippen molar-refractivity contribution < 1.29 is 0 Å². The summed E-state index contributed by atoms with van der Waals surface area (Å²) in [5.74, 6) is 0. The van der Waals surface area contributed by atoms with Gasteiger partial charge in [0.1, 0.15) is 8.24 Å². The van der Waals surface area contributed by atoms with Crippen LogP contribution in [0.5, 0.6) is 0 Å². The van der Waals surface area contributed by atoms with E-state index in [1.165, 1.54) is 6.42 Å². The quantitative estimate of drug-likeness (QED) is 0.453. The topological polar surface area (TPSA) is 12.0 Å². The average Bonchev–Trinajstić information content (AvgIpc) is 2.16. The highest BCUT2D eigenvalue weighted by atomic mass is 28.3. The molecule has 0 amide bonds. The van der Waals surface area contributed by atoms with E-state index < -0.39 is 8.24 Å². The fraction of sp³-hybridized carbons (Fsp3) is 0.500. The van der Waals surface area contributed by atoms with E-state index in [9.17, 15) is 0 Å². The first-order valence-electron chi connectivity index (χ1n) is 5.32.